The maximum absolute atomic E-state index is 12.0. The minimum absolute atomic E-state index is 0.172. The van der Waals surface area contributed by atoms with E-state index in [1.807, 2.05) is 6.92 Å². The second-order valence-electron chi connectivity index (χ2n) is 5.94. The number of piperidine rings is 1. The van der Waals surface area contributed by atoms with Gasteiger partial charge in [-0.05, 0) is 47.1 Å². The van der Waals surface area contributed by atoms with Crippen LogP contribution in [-0.4, -0.2) is 48.7 Å². The van der Waals surface area contributed by atoms with Crippen molar-refractivity contribution in [2.45, 2.75) is 64.6 Å². The van der Waals surface area contributed by atoms with E-state index in [2.05, 4.69) is 31.0 Å². The smallest absolute Gasteiger partial charge is 0.327 e. The first-order chi connectivity index (χ1) is 8.39. The van der Waals surface area contributed by atoms with E-state index in [4.69, 9.17) is 4.74 Å². The van der Waals surface area contributed by atoms with Crippen LogP contribution in [0.25, 0.3) is 0 Å². The van der Waals surface area contributed by atoms with E-state index < -0.39 is 5.54 Å². The molecule has 1 aliphatic rings. The summed E-state index contributed by atoms with van der Waals surface area (Å²) in [5, 5.41) is 3.36. The normalized spacial score (nSPS) is 24.9. The Kier molecular flexibility index (Phi) is 5.60. The molecule has 1 saturated heterocycles. The molecule has 1 aliphatic heterocycles. The van der Waals surface area contributed by atoms with Crippen LogP contribution in [0.4, 0.5) is 0 Å². The number of ether oxygens (including phenoxy) is 1. The number of methoxy groups -OCH3 is 1. The Balaban J connectivity index is 2.73. The molecule has 1 N–H and O–H groups in total. The summed E-state index contributed by atoms with van der Waals surface area (Å²) >= 11 is 0. The van der Waals surface area contributed by atoms with Crippen molar-refractivity contribution in [2.75, 3.05) is 20.2 Å². The number of esters is 1. The maximum Gasteiger partial charge on any atom is 0.327 e. The number of carbonyl (C=O) groups is 1. The van der Waals surface area contributed by atoms with Gasteiger partial charge in [-0.1, -0.05) is 6.42 Å². The van der Waals surface area contributed by atoms with Crippen molar-refractivity contribution in [3.63, 3.8) is 0 Å². The van der Waals surface area contributed by atoms with Gasteiger partial charge in [-0.3, -0.25) is 15.0 Å². The van der Waals surface area contributed by atoms with Gasteiger partial charge in [-0.2, -0.15) is 0 Å². The number of carbonyl (C=O) groups excluding carboxylic acids is 1. The largest absolute Gasteiger partial charge is 0.468 e. The van der Waals surface area contributed by atoms with Crippen LogP contribution < -0.4 is 5.32 Å². The molecule has 2 unspecified atom stereocenters. The lowest BCUT2D eigenvalue weighted by molar-refractivity contribution is -0.149. The minimum atomic E-state index is -0.617. The quantitative estimate of drug-likeness (QED) is 0.762. The third-order valence-electron chi connectivity index (χ3n) is 3.70. The standard InChI is InChI=1S/C14H28N2O2/c1-11(2)15-14(4,13(17)18-5)10-16-9-7-6-8-12(16)3/h11-12,15H,6-10H2,1-5H3. The molecule has 1 heterocycles. The predicted octanol–water partition coefficient (Wildman–Crippen LogP) is 1.79. The van der Waals surface area contributed by atoms with Crippen LogP contribution in [0.1, 0.15) is 47.0 Å². The number of nitrogens with zero attached hydrogens (tertiary/aromatic N) is 1. The molecular weight excluding hydrogens is 228 g/mol. The minimum Gasteiger partial charge on any atom is -0.468 e. The Bertz CT molecular complexity index is 281. The van der Waals surface area contributed by atoms with Gasteiger partial charge in [0.15, 0.2) is 0 Å². The van der Waals surface area contributed by atoms with E-state index in [0.717, 1.165) is 13.1 Å². The van der Waals surface area contributed by atoms with E-state index in [-0.39, 0.29) is 12.0 Å². The first-order valence-corrected chi connectivity index (χ1v) is 6.99. The molecular formula is C14H28N2O2. The molecule has 0 spiro atoms. The molecule has 1 fully saturated rings. The number of likely N-dealkylation sites (tertiary alicyclic amines) is 1. The Morgan fingerprint density at radius 2 is 2.17 bits per heavy atom. The number of hydrogen-bond donors (Lipinski definition) is 1. The zero-order valence-corrected chi connectivity index (χ0v) is 12.5. The monoisotopic (exact) mass is 256 g/mol. The highest BCUT2D eigenvalue weighted by Gasteiger charge is 2.38. The van der Waals surface area contributed by atoms with Crippen LogP contribution in [0.2, 0.25) is 0 Å². The average molecular weight is 256 g/mol. The van der Waals surface area contributed by atoms with Gasteiger partial charge in [-0.15, -0.1) is 0 Å². The van der Waals surface area contributed by atoms with Crippen LogP contribution >= 0.6 is 0 Å². The fourth-order valence-electron chi connectivity index (χ4n) is 2.83. The topological polar surface area (TPSA) is 41.6 Å². The Morgan fingerprint density at radius 3 is 2.67 bits per heavy atom. The molecule has 0 amide bonds. The van der Waals surface area contributed by atoms with Crippen LogP contribution in [0.15, 0.2) is 0 Å². The molecule has 0 aromatic heterocycles. The van der Waals surface area contributed by atoms with E-state index in [0.29, 0.717) is 6.04 Å². The summed E-state index contributed by atoms with van der Waals surface area (Å²) in [6.07, 6.45) is 3.74. The molecule has 1 rings (SSSR count). The van der Waals surface area contributed by atoms with Gasteiger partial charge in [0.2, 0.25) is 0 Å². The Hall–Kier alpha value is -0.610. The van der Waals surface area contributed by atoms with Crippen LogP contribution in [0.3, 0.4) is 0 Å². The molecule has 4 nitrogen and oxygen atoms in total. The van der Waals surface area contributed by atoms with Crippen molar-refractivity contribution in [3.8, 4) is 0 Å². The summed E-state index contributed by atoms with van der Waals surface area (Å²) in [4.78, 5) is 14.4. The zero-order chi connectivity index (χ0) is 13.8. The molecule has 4 heteroatoms. The summed E-state index contributed by atoms with van der Waals surface area (Å²) in [5.74, 6) is -0.172. The van der Waals surface area contributed by atoms with Crippen LogP contribution in [-0.2, 0) is 9.53 Å². The highest BCUT2D eigenvalue weighted by atomic mass is 16.5. The third-order valence-corrected chi connectivity index (χ3v) is 3.70. The zero-order valence-electron chi connectivity index (χ0n) is 12.5. The van der Waals surface area contributed by atoms with E-state index >= 15 is 0 Å². The van der Waals surface area contributed by atoms with Gasteiger partial charge < -0.3 is 4.74 Å². The summed E-state index contributed by atoms with van der Waals surface area (Å²) in [5.41, 5.74) is -0.617. The summed E-state index contributed by atoms with van der Waals surface area (Å²) in [7, 11) is 1.46. The van der Waals surface area contributed by atoms with E-state index in [1.54, 1.807) is 0 Å². The summed E-state index contributed by atoms with van der Waals surface area (Å²) < 4.78 is 4.96. The molecule has 0 aliphatic carbocycles. The lowest BCUT2D eigenvalue weighted by Crippen LogP contribution is -2.60. The number of rotatable bonds is 5. The molecule has 18 heavy (non-hydrogen) atoms. The van der Waals surface area contributed by atoms with Crippen LogP contribution in [0.5, 0.6) is 0 Å². The fourth-order valence-corrected chi connectivity index (χ4v) is 2.83. The highest BCUT2D eigenvalue weighted by molar-refractivity contribution is 5.80. The number of nitrogens with one attached hydrogen (secondary N) is 1. The van der Waals surface area contributed by atoms with Gasteiger partial charge in [0.25, 0.3) is 0 Å². The second kappa shape index (κ2) is 6.53. The first kappa shape index (κ1) is 15.4. The molecule has 0 radical (unpaired) electrons. The predicted molar refractivity (Wildman–Crippen MR) is 73.6 cm³/mol. The van der Waals surface area contributed by atoms with Gasteiger partial charge in [0.05, 0.1) is 7.11 Å². The SMILES string of the molecule is COC(=O)C(C)(CN1CCCCC1C)NC(C)C. The third kappa shape index (κ3) is 3.95. The van der Waals surface area contributed by atoms with Gasteiger partial charge in [0, 0.05) is 18.6 Å². The van der Waals surface area contributed by atoms with Gasteiger partial charge in [-0.25, -0.2) is 0 Å². The van der Waals surface area contributed by atoms with Gasteiger partial charge >= 0.3 is 5.97 Å². The van der Waals surface area contributed by atoms with Crippen molar-refractivity contribution in [3.05, 3.63) is 0 Å². The maximum atomic E-state index is 12.0. The average Bonchev–Trinajstić information content (AvgIpc) is 2.30. The lowest BCUT2D eigenvalue weighted by atomic mass is 9.96. The molecule has 0 bridgehead atoms. The highest BCUT2D eigenvalue weighted by Crippen LogP contribution is 2.20. The Labute approximate surface area is 111 Å². The van der Waals surface area contributed by atoms with E-state index in [1.165, 1.54) is 26.4 Å². The summed E-state index contributed by atoms with van der Waals surface area (Å²) in [6.45, 7) is 10.1. The van der Waals surface area contributed by atoms with Crippen LogP contribution in [0, 0.1) is 0 Å². The first-order valence-electron chi connectivity index (χ1n) is 6.99. The summed E-state index contributed by atoms with van der Waals surface area (Å²) in [6, 6.07) is 0.811. The molecule has 0 saturated carbocycles. The molecule has 0 aromatic rings. The van der Waals surface area contributed by atoms with Crippen molar-refractivity contribution in [1.82, 2.24) is 10.2 Å². The fraction of sp³-hybridized carbons (Fsp3) is 0.929. The molecule has 0 aromatic carbocycles. The van der Waals surface area contributed by atoms with Crippen molar-refractivity contribution in [1.29, 1.82) is 0 Å². The van der Waals surface area contributed by atoms with E-state index in [9.17, 15) is 4.79 Å². The number of hydrogen-bond acceptors (Lipinski definition) is 4. The lowest BCUT2D eigenvalue weighted by Gasteiger charge is -2.40. The molecule has 106 valence electrons. The second-order valence-corrected chi connectivity index (χ2v) is 5.94. The van der Waals surface area contributed by atoms with Crippen molar-refractivity contribution >= 4 is 5.97 Å². The van der Waals surface area contributed by atoms with Crippen molar-refractivity contribution in [2.24, 2.45) is 0 Å². The van der Waals surface area contributed by atoms with Gasteiger partial charge in [0.1, 0.15) is 5.54 Å². The Morgan fingerprint density at radius 1 is 1.50 bits per heavy atom. The molecule has 2 atom stereocenters. The van der Waals surface area contributed by atoms with Crippen molar-refractivity contribution < 1.29 is 9.53 Å².